The highest BCUT2D eigenvalue weighted by Crippen LogP contribution is 2.23. The Hall–Kier alpha value is -1.10. The molecule has 0 aromatic rings. The van der Waals surface area contributed by atoms with E-state index < -0.39 is 5.97 Å². The van der Waals surface area contributed by atoms with E-state index in [1.807, 2.05) is 4.90 Å². The van der Waals surface area contributed by atoms with E-state index >= 15 is 0 Å². The maximum Gasteiger partial charge on any atom is 0.303 e. The summed E-state index contributed by atoms with van der Waals surface area (Å²) in [5.41, 5.74) is 5.20. The molecule has 0 aromatic carbocycles. The summed E-state index contributed by atoms with van der Waals surface area (Å²) < 4.78 is 0. The SMILES string of the molecule is NC(=O)CN(CCCC(=O)O)C1CCCC1. The number of hydrogen-bond acceptors (Lipinski definition) is 3. The zero-order valence-electron chi connectivity index (χ0n) is 9.52. The lowest BCUT2D eigenvalue weighted by Gasteiger charge is -2.27. The smallest absolute Gasteiger partial charge is 0.303 e. The molecule has 0 bridgehead atoms. The van der Waals surface area contributed by atoms with Crippen molar-refractivity contribution in [2.24, 2.45) is 5.73 Å². The first-order chi connectivity index (χ1) is 7.59. The fraction of sp³-hybridized carbons (Fsp3) is 0.818. The lowest BCUT2D eigenvalue weighted by atomic mass is 10.2. The van der Waals surface area contributed by atoms with Crippen molar-refractivity contribution >= 4 is 11.9 Å². The number of carboxylic acid groups (broad SMARTS) is 1. The summed E-state index contributed by atoms with van der Waals surface area (Å²) in [5, 5.41) is 8.56. The lowest BCUT2D eigenvalue weighted by Crippen LogP contribution is -2.40. The molecule has 1 fully saturated rings. The van der Waals surface area contributed by atoms with Crippen molar-refractivity contribution in [3.05, 3.63) is 0 Å². The molecule has 0 heterocycles. The molecule has 1 aliphatic carbocycles. The Morgan fingerprint density at radius 2 is 1.94 bits per heavy atom. The van der Waals surface area contributed by atoms with Gasteiger partial charge in [0.15, 0.2) is 0 Å². The molecule has 16 heavy (non-hydrogen) atoms. The van der Waals surface area contributed by atoms with Crippen LogP contribution in [-0.4, -0.2) is 41.0 Å². The average molecular weight is 228 g/mol. The Labute approximate surface area is 95.6 Å². The summed E-state index contributed by atoms with van der Waals surface area (Å²) >= 11 is 0. The molecule has 1 rings (SSSR count). The number of aliphatic carboxylic acids is 1. The first-order valence-corrected chi connectivity index (χ1v) is 5.83. The lowest BCUT2D eigenvalue weighted by molar-refractivity contribution is -0.137. The largest absolute Gasteiger partial charge is 0.481 e. The highest BCUT2D eigenvalue weighted by molar-refractivity contribution is 5.76. The van der Waals surface area contributed by atoms with Crippen molar-refractivity contribution in [3.63, 3.8) is 0 Å². The standard InChI is InChI=1S/C11H20N2O3/c12-10(14)8-13(7-3-6-11(15)16)9-4-1-2-5-9/h9H,1-8H2,(H2,12,14)(H,15,16). The third-order valence-electron chi connectivity index (χ3n) is 3.04. The monoisotopic (exact) mass is 228 g/mol. The molecule has 0 saturated heterocycles. The molecule has 0 aromatic heterocycles. The summed E-state index contributed by atoms with van der Waals surface area (Å²) in [7, 11) is 0. The molecule has 0 unspecified atom stereocenters. The summed E-state index contributed by atoms with van der Waals surface area (Å²) in [6, 6.07) is 0.418. The van der Waals surface area contributed by atoms with Gasteiger partial charge in [-0.05, 0) is 25.8 Å². The van der Waals surface area contributed by atoms with E-state index in [2.05, 4.69) is 0 Å². The molecule has 5 nitrogen and oxygen atoms in total. The number of primary amides is 1. The molecule has 5 heteroatoms. The van der Waals surface area contributed by atoms with Crippen LogP contribution in [-0.2, 0) is 9.59 Å². The predicted molar refractivity (Wildman–Crippen MR) is 59.9 cm³/mol. The molecule has 3 N–H and O–H groups in total. The van der Waals surface area contributed by atoms with Crippen LogP contribution >= 0.6 is 0 Å². The number of rotatable bonds is 7. The number of carboxylic acids is 1. The second kappa shape index (κ2) is 6.48. The fourth-order valence-corrected chi connectivity index (χ4v) is 2.29. The number of nitrogens with two attached hydrogens (primary N) is 1. The van der Waals surface area contributed by atoms with Crippen molar-refractivity contribution in [1.29, 1.82) is 0 Å². The first kappa shape index (κ1) is 13.0. The molecule has 0 atom stereocenters. The molecule has 0 radical (unpaired) electrons. The highest BCUT2D eigenvalue weighted by atomic mass is 16.4. The fourth-order valence-electron chi connectivity index (χ4n) is 2.29. The van der Waals surface area contributed by atoms with Crippen molar-refractivity contribution in [3.8, 4) is 0 Å². The predicted octanol–water partition coefficient (Wildman–Crippen LogP) is 0.581. The van der Waals surface area contributed by atoms with E-state index in [1.165, 1.54) is 12.8 Å². The van der Waals surface area contributed by atoms with Gasteiger partial charge in [0.1, 0.15) is 0 Å². The summed E-state index contributed by atoms with van der Waals surface area (Å²) in [5.74, 6) is -1.12. The van der Waals surface area contributed by atoms with Gasteiger partial charge in [0.05, 0.1) is 6.54 Å². The number of nitrogens with zero attached hydrogens (tertiary/aromatic N) is 1. The second-order valence-electron chi connectivity index (χ2n) is 4.37. The van der Waals surface area contributed by atoms with Gasteiger partial charge in [0.25, 0.3) is 0 Å². The van der Waals surface area contributed by atoms with Gasteiger partial charge >= 0.3 is 5.97 Å². The van der Waals surface area contributed by atoms with Crippen molar-refractivity contribution in [2.45, 2.75) is 44.6 Å². The van der Waals surface area contributed by atoms with Gasteiger partial charge < -0.3 is 10.8 Å². The highest BCUT2D eigenvalue weighted by Gasteiger charge is 2.23. The number of carbonyl (C=O) groups excluding carboxylic acids is 1. The Kier molecular flexibility index (Phi) is 5.25. The topological polar surface area (TPSA) is 83.6 Å². The molecule has 1 amide bonds. The first-order valence-electron chi connectivity index (χ1n) is 5.83. The van der Waals surface area contributed by atoms with Gasteiger partial charge in [-0.25, -0.2) is 0 Å². The zero-order chi connectivity index (χ0) is 12.0. The van der Waals surface area contributed by atoms with E-state index in [0.717, 1.165) is 12.8 Å². The summed E-state index contributed by atoms with van der Waals surface area (Å²) in [6.07, 6.45) is 5.32. The minimum Gasteiger partial charge on any atom is -0.481 e. The number of hydrogen-bond donors (Lipinski definition) is 2. The van der Waals surface area contributed by atoms with Gasteiger partial charge in [-0.3, -0.25) is 14.5 Å². The van der Waals surface area contributed by atoms with Crippen LogP contribution in [0.15, 0.2) is 0 Å². The zero-order valence-corrected chi connectivity index (χ0v) is 9.52. The number of amides is 1. The van der Waals surface area contributed by atoms with Crippen LogP contribution in [0, 0.1) is 0 Å². The van der Waals surface area contributed by atoms with E-state index in [4.69, 9.17) is 10.8 Å². The molecule has 0 spiro atoms. The minimum absolute atomic E-state index is 0.155. The third-order valence-corrected chi connectivity index (χ3v) is 3.04. The van der Waals surface area contributed by atoms with Crippen LogP contribution in [0.4, 0.5) is 0 Å². The van der Waals surface area contributed by atoms with Gasteiger partial charge in [-0.15, -0.1) is 0 Å². The van der Waals surface area contributed by atoms with Crippen LogP contribution < -0.4 is 5.73 Å². The van der Waals surface area contributed by atoms with Crippen LogP contribution in [0.25, 0.3) is 0 Å². The van der Waals surface area contributed by atoms with Gasteiger partial charge in [-0.2, -0.15) is 0 Å². The second-order valence-corrected chi connectivity index (χ2v) is 4.37. The van der Waals surface area contributed by atoms with Crippen molar-refractivity contribution in [1.82, 2.24) is 4.90 Å². The Morgan fingerprint density at radius 1 is 1.31 bits per heavy atom. The normalized spacial score (nSPS) is 16.8. The van der Waals surface area contributed by atoms with Gasteiger partial charge in [-0.1, -0.05) is 12.8 Å². The van der Waals surface area contributed by atoms with E-state index in [1.54, 1.807) is 0 Å². The average Bonchev–Trinajstić information content (AvgIpc) is 2.67. The molecule has 1 saturated carbocycles. The number of carbonyl (C=O) groups is 2. The van der Waals surface area contributed by atoms with Crippen LogP contribution in [0.1, 0.15) is 38.5 Å². The summed E-state index contributed by atoms with van der Waals surface area (Å²) in [6.45, 7) is 0.907. The van der Waals surface area contributed by atoms with E-state index in [0.29, 0.717) is 19.0 Å². The Bertz CT molecular complexity index is 250. The molecular formula is C11H20N2O3. The molecule has 92 valence electrons. The maximum absolute atomic E-state index is 10.9. The van der Waals surface area contributed by atoms with Gasteiger partial charge in [0, 0.05) is 12.5 Å². The Balaban J connectivity index is 2.36. The van der Waals surface area contributed by atoms with E-state index in [-0.39, 0.29) is 18.9 Å². The maximum atomic E-state index is 10.9. The molecule has 0 aliphatic heterocycles. The van der Waals surface area contributed by atoms with Crippen molar-refractivity contribution in [2.75, 3.05) is 13.1 Å². The van der Waals surface area contributed by atoms with Crippen LogP contribution in [0.2, 0.25) is 0 Å². The quantitative estimate of drug-likeness (QED) is 0.667. The third kappa shape index (κ3) is 4.61. The van der Waals surface area contributed by atoms with E-state index in [9.17, 15) is 9.59 Å². The van der Waals surface area contributed by atoms with Crippen molar-refractivity contribution < 1.29 is 14.7 Å². The van der Waals surface area contributed by atoms with Gasteiger partial charge in [0.2, 0.25) is 5.91 Å². The summed E-state index contributed by atoms with van der Waals surface area (Å²) in [4.78, 5) is 23.4. The Morgan fingerprint density at radius 3 is 2.44 bits per heavy atom. The van der Waals surface area contributed by atoms with Crippen LogP contribution in [0.5, 0.6) is 0 Å². The van der Waals surface area contributed by atoms with Crippen LogP contribution in [0.3, 0.4) is 0 Å². The molecular weight excluding hydrogens is 208 g/mol. The molecule has 1 aliphatic rings. The minimum atomic E-state index is -0.787.